The molecule has 0 spiro atoms. The molecule has 0 aliphatic carbocycles. The van der Waals surface area contributed by atoms with Gasteiger partial charge in [0.25, 0.3) is 0 Å². The van der Waals surface area contributed by atoms with Crippen LogP contribution in [0.25, 0.3) is 32.7 Å². The standard InChI is InChI=1S/C34H40N2O12S2.2K/c1-15(2)23-19-11-17(5)25(31(39)27(19)21(29(37)33(23)41)13-35-7-9-49(43,44)45)26-18(6)12-20-24(16(3)4)34(42)30(38)22(28(20)32(26)40)14-36-8-10-50(46,47)48;;/h11-16,37-42H,7-10H2,1-6H3,(H,43,44,45)(H,46,47,48);;/q;2*+1/p-2. The predicted octanol–water partition coefficient (Wildman–Crippen LogP) is -1.31. The van der Waals surface area contributed by atoms with Crippen LogP contribution in [0.15, 0.2) is 22.1 Å². The van der Waals surface area contributed by atoms with Crippen LogP contribution in [0.3, 0.4) is 0 Å². The Morgan fingerprint density at radius 2 is 0.904 bits per heavy atom. The van der Waals surface area contributed by atoms with Gasteiger partial charge < -0.3 is 39.7 Å². The minimum atomic E-state index is -4.61. The first-order valence-electron chi connectivity index (χ1n) is 15.4. The maximum atomic E-state index is 12.0. The number of nitrogens with zero attached hydrogens (tertiary/aromatic N) is 2. The number of aromatic hydroxyl groups is 6. The average molecular weight is 809 g/mol. The smallest absolute Gasteiger partial charge is 0.748 e. The van der Waals surface area contributed by atoms with Crippen molar-refractivity contribution >= 4 is 54.2 Å². The SMILES string of the molecule is Cc1cc2c(C(C)C)c(O)c(O)c(C=NCCS(=O)(=O)[O-])c2c(O)c1-c1c(C)cc2c(C(C)C)c(O)c(O)c(C=NCCS(=O)(=O)[O-])c2c1O.[K+].[K+]. The van der Waals surface area contributed by atoms with Gasteiger partial charge in [-0.2, -0.15) is 0 Å². The van der Waals surface area contributed by atoms with Gasteiger partial charge in [0.1, 0.15) is 11.5 Å². The van der Waals surface area contributed by atoms with E-state index in [2.05, 4.69) is 9.98 Å². The first kappa shape index (κ1) is 46.8. The molecule has 6 N–H and O–H groups in total. The summed E-state index contributed by atoms with van der Waals surface area (Å²) in [5, 5.41) is 68.9. The van der Waals surface area contributed by atoms with Gasteiger partial charge in [-0.3, -0.25) is 9.98 Å². The third kappa shape index (κ3) is 9.70. The van der Waals surface area contributed by atoms with E-state index in [-0.39, 0.29) is 159 Å². The summed E-state index contributed by atoms with van der Waals surface area (Å²) < 4.78 is 66.7. The van der Waals surface area contributed by atoms with Crippen molar-refractivity contribution in [2.24, 2.45) is 9.98 Å². The summed E-state index contributed by atoms with van der Waals surface area (Å²) in [6, 6.07) is 3.25. The van der Waals surface area contributed by atoms with Gasteiger partial charge in [0.05, 0.1) is 44.8 Å². The molecular formula is C34H38K2N2O12S2. The Hall–Kier alpha value is -1.37. The average Bonchev–Trinajstić information content (AvgIpc) is 2.97. The molecule has 270 valence electrons. The van der Waals surface area contributed by atoms with Crippen molar-refractivity contribution in [1.29, 1.82) is 0 Å². The molecule has 0 bridgehead atoms. The summed E-state index contributed by atoms with van der Waals surface area (Å²) in [6.45, 7) is 9.35. The Labute approximate surface area is 387 Å². The largest absolute Gasteiger partial charge is 1.00 e. The van der Waals surface area contributed by atoms with E-state index in [1.165, 1.54) is 0 Å². The number of fused-ring (bicyclic) bond motifs is 2. The zero-order chi connectivity index (χ0) is 37.6. The second-order valence-corrected chi connectivity index (χ2v) is 15.7. The Morgan fingerprint density at radius 3 is 1.17 bits per heavy atom. The molecule has 0 saturated carbocycles. The van der Waals surface area contributed by atoms with Gasteiger partial charge in [-0.05, 0) is 47.6 Å². The van der Waals surface area contributed by atoms with E-state index in [4.69, 9.17) is 0 Å². The van der Waals surface area contributed by atoms with E-state index in [9.17, 15) is 56.6 Å². The normalized spacial score (nSPS) is 12.4. The molecule has 0 aliphatic heterocycles. The first-order valence-corrected chi connectivity index (χ1v) is 18.6. The van der Waals surface area contributed by atoms with Crippen LogP contribution in [-0.2, 0) is 20.2 Å². The number of aliphatic imine (C=N–C) groups is 2. The van der Waals surface area contributed by atoms with E-state index in [1.807, 2.05) is 0 Å². The van der Waals surface area contributed by atoms with Crippen molar-refractivity contribution in [3.8, 4) is 45.6 Å². The Morgan fingerprint density at radius 1 is 0.596 bits per heavy atom. The fourth-order valence-electron chi connectivity index (χ4n) is 6.26. The van der Waals surface area contributed by atoms with Crippen molar-refractivity contribution in [1.82, 2.24) is 0 Å². The summed E-state index contributed by atoms with van der Waals surface area (Å²) in [6.07, 6.45) is 2.07. The van der Waals surface area contributed by atoms with E-state index in [0.29, 0.717) is 21.9 Å². The van der Waals surface area contributed by atoms with Crippen LogP contribution in [0, 0.1) is 13.8 Å². The molecular weight excluding hydrogens is 771 g/mol. The molecule has 0 fully saturated rings. The fourth-order valence-corrected chi connectivity index (χ4v) is 6.92. The van der Waals surface area contributed by atoms with E-state index in [0.717, 1.165) is 12.4 Å². The molecule has 0 aromatic heterocycles. The first-order chi connectivity index (χ1) is 23.1. The minimum absolute atomic E-state index is 0. The van der Waals surface area contributed by atoms with Gasteiger partial charge in [0, 0.05) is 56.6 Å². The number of rotatable bonds is 11. The molecule has 4 aromatic rings. The number of phenols is 6. The van der Waals surface area contributed by atoms with Crippen LogP contribution in [-0.4, -0.2) is 93.6 Å². The van der Waals surface area contributed by atoms with Crippen LogP contribution >= 0.6 is 0 Å². The van der Waals surface area contributed by atoms with Crippen molar-refractivity contribution < 1.29 is 159 Å². The van der Waals surface area contributed by atoms with Gasteiger partial charge >= 0.3 is 103 Å². The zero-order valence-electron chi connectivity index (χ0n) is 30.1. The van der Waals surface area contributed by atoms with Crippen LogP contribution in [0.4, 0.5) is 0 Å². The molecule has 0 unspecified atom stereocenters. The number of phenolic OH excluding ortho intramolecular Hbond substituents is 6. The summed E-state index contributed by atoms with van der Waals surface area (Å²) in [4.78, 5) is 7.89. The van der Waals surface area contributed by atoms with Crippen molar-refractivity contribution in [2.45, 2.75) is 53.4 Å². The monoisotopic (exact) mass is 808 g/mol. The molecule has 18 heteroatoms. The van der Waals surface area contributed by atoms with Crippen molar-refractivity contribution in [2.75, 3.05) is 24.6 Å². The minimum Gasteiger partial charge on any atom is -0.748 e. The van der Waals surface area contributed by atoms with Gasteiger partial charge in [-0.1, -0.05) is 39.8 Å². The molecule has 0 amide bonds. The number of aryl methyl sites for hydroxylation is 2. The van der Waals surface area contributed by atoms with Crippen LogP contribution in [0.5, 0.6) is 34.5 Å². The van der Waals surface area contributed by atoms with E-state index < -0.39 is 79.3 Å². The second-order valence-electron chi connectivity index (χ2n) is 12.6. The third-order valence-electron chi connectivity index (χ3n) is 8.37. The quantitative estimate of drug-likeness (QED) is 0.0447. The Bertz CT molecular complexity index is 2160. The number of hydrogen-bond donors (Lipinski definition) is 6. The molecule has 0 heterocycles. The summed E-state index contributed by atoms with van der Waals surface area (Å²) in [5.41, 5.74) is 1.14. The fraction of sp³-hybridized carbons (Fsp3) is 0.353. The van der Waals surface area contributed by atoms with Crippen molar-refractivity contribution in [3.05, 3.63) is 45.5 Å². The Kier molecular flexibility index (Phi) is 16.2. The van der Waals surface area contributed by atoms with E-state index >= 15 is 0 Å². The molecule has 4 aromatic carbocycles. The van der Waals surface area contributed by atoms with Crippen LogP contribution < -0.4 is 103 Å². The molecule has 0 radical (unpaired) electrons. The third-order valence-corrected chi connectivity index (χ3v) is 9.74. The summed E-state index contributed by atoms with van der Waals surface area (Å²) in [5.74, 6) is -5.66. The predicted molar refractivity (Wildman–Crippen MR) is 189 cm³/mol. The molecule has 14 nitrogen and oxygen atoms in total. The molecule has 0 atom stereocenters. The maximum Gasteiger partial charge on any atom is 1.00 e. The number of hydrogen-bond acceptors (Lipinski definition) is 14. The molecule has 52 heavy (non-hydrogen) atoms. The van der Waals surface area contributed by atoms with Crippen LogP contribution in [0.2, 0.25) is 0 Å². The van der Waals surface area contributed by atoms with Gasteiger partial charge in [0.15, 0.2) is 23.0 Å². The summed E-state index contributed by atoms with van der Waals surface area (Å²) >= 11 is 0. The zero-order valence-corrected chi connectivity index (χ0v) is 38.0. The molecule has 0 saturated heterocycles. The number of benzene rings is 4. The topological polar surface area (TPSA) is 260 Å². The maximum absolute atomic E-state index is 12.0. The molecule has 4 rings (SSSR count). The summed E-state index contributed by atoms with van der Waals surface area (Å²) in [7, 11) is -9.22. The second kappa shape index (κ2) is 18.1. The van der Waals surface area contributed by atoms with Gasteiger partial charge in [0.2, 0.25) is 0 Å². The van der Waals surface area contributed by atoms with Gasteiger partial charge in [-0.15, -0.1) is 0 Å². The van der Waals surface area contributed by atoms with E-state index in [1.54, 1.807) is 53.7 Å². The Balaban J connectivity index is 0.00000468. The van der Waals surface area contributed by atoms with Crippen molar-refractivity contribution in [3.63, 3.8) is 0 Å². The van der Waals surface area contributed by atoms with Gasteiger partial charge in [-0.25, -0.2) is 16.8 Å². The molecule has 0 aliphatic rings. The van der Waals surface area contributed by atoms with Crippen LogP contribution in [0.1, 0.15) is 72.9 Å².